The van der Waals surface area contributed by atoms with E-state index in [2.05, 4.69) is 21.2 Å². The van der Waals surface area contributed by atoms with Crippen molar-refractivity contribution in [2.75, 3.05) is 6.54 Å². The van der Waals surface area contributed by atoms with E-state index in [1.54, 1.807) is 0 Å². The molecular formula is C11H12BrNO2. The van der Waals surface area contributed by atoms with Crippen molar-refractivity contribution in [2.24, 2.45) is 0 Å². The molecule has 4 heteroatoms. The fraction of sp³-hybridized carbons (Fsp3) is 0.364. The zero-order chi connectivity index (χ0) is 11.0. The smallest absolute Gasteiger partial charge is 0.407 e. The molecule has 1 fully saturated rings. The fourth-order valence-electron chi connectivity index (χ4n) is 1.75. The highest BCUT2D eigenvalue weighted by molar-refractivity contribution is 9.10. The van der Waals surface area contributed by atoms with Crippen LogP contribution in [0.25, 0.3) is 0 Å². The highest BCUT2D eigenvalue weighted by Gasteiger charge is 2.26. The van der Waals surface area contributed by atoms with Gasteiger partial charge in [-0.15, -0.1) is 0 Å². The minimum Gasteiger partial charge on any atom is -0.439 e. The Morgan fingerprint density at radius 3 is 2.80 bits per heavy atom. The first-order chi connectivity index (χ1) is 7.09. The van der Waals surface area contributed by atoms with E-state index in [0.717, 1.165) is 15.6 Å². The number of aryl methyl sites for hydroxylation is 1. The van der Waals surface area contributed by atoms with Gasteiger partial charge in [0, 0.05) is 4.47 Å². The molecule has 1 atom stereocenters. The van der Waals surface area contributed by atoms with E-state index in [4.69, 9.17) is 4.74 Å². The van der Waals surface area contributed by atoms with Crippen LogP contribution in [-0.2, 0) is 4.74 Å². The van der Waals surface area contributed by atoms with Crippen molar-refractivity contribution in [3.63, 3.8) is 0 Å². The topological polar surface area (TPSA) is 38.3 Å². The molecule has 1 aliphatic heterocycles. The zero-order valence-corrected chi connectivity index (χ0v) is 10.2. The number of benzene rings is 1. The summed E-state index contributed by atoms with van der Waals surface area (Å²) in [6, 6.07) is 4.04. The quantitative estimate of drug-likeness (QED) is 0.852. The monoisotopic (exact) mass is 269 g/mol. The molecule has 0 radical (unpaired) electrons. The number of ether oxygens (including phenoxy) is 1. The second-order valence-corrected chi connectivity index (χ2v) is 4.48. The van der Waals surface area contributed by atoms with Crippen molar-refractivity contribution in [3.8, 4) is 0 Å². The third kappa shape index (κ3) is 1.86. The Labute approximate surface area is 96.9 Å². The molecule has 0 aliphatic carbocycles. The summed E-state index contributed by atoms with van der Waals surface area (Å²) >= 11 is 3.53. The Hall–Kier alpha value is -1.03. The van der Waals surface area contributed by atoms with E-state index in [1.807, 2.05) is 26.0 Å². The normalized spacial score (nSPS) is 19.9. The van der Waals surface area contributed by atoms with Gasteiger partial charge in [0.1, 0.15) is 6.10 Å². The van der Waals surface area contributed by atoms with Gasteiger partial charge < -0.3 is 10.1 Å². The second kappa shape index (κ2) is 3.85. The van der Waals surface area contributed by atoms with E-state index in [1.165, 1.54) is 5.56 Å². The van der Waals surface area contributed by atoms with Crippen molar-refractivity contribution in [1.29, 1.82) is 0 Å². The van der Waals surface area contributed by atoms with Crippen LogP contribution in [0.2, 0.25) is 0 Å². The van der Waals surface area contributed by atoms with Gasteiger partial charge in [-0.1, -0.05) is 28.1 Å². The molecule has 0 spiro atoms. The number of alkyl carbamates (subject to hydrolysis) is 1. The molecule has 1 N–H and O–H groups in total. The maximum Gasteiger partial charge on any atom is 0.407 e. The molecule has 1 amide bonds. The molecule has 1 aliphatic rings. The van der Waals surface area contributed by atoms with E-state index in [9.17, 15) is 4.79 Å². The van der Waals surface area contributed by atoms with Gasteiger partial charge in [-0.3, -0.25) is 0 Å². The van der Waals surface area contributed by atoms with E-state index >= 15 is 0 Å². The van der Waals surface area contributed by atoms with Crippen molar-refractivity contribution >= 4 is 22.0 Å². The van der Waals surface area contributed by atoms with Crippen LogP contribution in [0.15, 0.2) is 16.6 Å². The standard InChI is InChI=1S/C11H12BrNO2/c1-6-3-4-8(7(2)10(6)12)9-5-13-11(14)15-9/h3-4,9H,5H2,1-2H3,(H,13,14). The predicted molar refractivity (Wildman–Crippen MR) is 60.8 cm³/mol. The molecule has 2 rings (SSSR count). The SMILES string of the molecule is Cc1ccc(C2CNC(=O)O2)c(C)c1Br. The molecule has 0 bridgehead atoms. The molecule has 3 nitrogen and oxygen atoms in total. The first kappa shape index (κ1) is 10.5. The minimum atomic E-state index is -0.337. The highest BCUT2D eigenvalue weighted by Crippen LogP contribution is 2.30. The second-order valence-electron chi connectivity index (χ2n) is 3.69. The van der Waals surface area contributed by atoms with E-state index < -0.39 is 0 Å². The summed E-state index contributed by atoms with van der Waals surface area (Å²) in [6.45, 7) is 4.62. The Morgan fingerprint density at radius 1 is 1.47 bits per heavy atom. The van der Waals surface area contributed by atoms with Gasteiger partial charge in [-0.25, -0.2) is 4.79 Å². The fourth-order valence-corrected chi connectivity index (χ4v) is 2.11. The van der Waals surface area contributed by atoms with Crippen LogP contribution in [0, 0.1) is 13.8 Å². The number of hydrogen-bond acceptors (Lipinski definition) is 2. The third-order valence-electron chi connectivity index (χ3n) is 2.65. The van der Waals surface area contributed by atoms with Crippen molar-refractivity contribution in [1.82, 2.24) is 5.32 Å². The summed E-state index contributed by atoms with van der Waals surface area (Å²) < 4.78 is 6.24. The Balaban J connectivity index is 2.37. The molecule has 1 aromatic carbocycles. The van der Waals surface area contributed by atoms with Crippen LogP contribution >= 0.6 is 15.9 Å². The Morgan fingerprint density at radius 2 is 2.20 bits per heavy atom. The summed E-state index contributed by atoms with van der Waals surface area (Å²) in [4.78, 5) is 10.9. The Bertz CT molecular complexity index is 417. The summed E-state index contributed by atoms with van der Waals surface area (Å²) in [5, 5.41) is 2.65. The number of hydrogen-bond donors (Lipinski definition) is 1. The van der Waals surface area contributed by atoms with Crippen LogP contribution in [0.3, 0.4) is 0 Å². The largest absolute Gasteiger partial charge is 0.439 e. The Kier molecular flexibility index (Phi) is 2.69. The number of amides is 1. The first-order valence-electron chi connectivity index (χ1n) is 4.79. The number of carbonyl (C=O) groups excluding carboxylic acids is 1. The minimum absolute atomic E-state index is 0.158. The number of halogens is 1. The first-order valence-corrected chi connectivity index (χ1v) is 5.59. The molecule has 0 aromatic heterocycles. The maximum absolute atomic E-state index is 10.9. The van der Waals surface area contributed by atoms with Crippen molar-refractivity contribution in [3.05, 3.63) is 33.3 Å². The van der Waals surface area contributed by atoms with Gasteiger partial charge >= 0.3 is 6.09 Å². The van der Waals surface area contributed by atoms with Gasteiger partial charge in [0.05, 0.1) is 6.54 Å². The van der Waals surface area contributed by atoms with Crippen molar-refractivity contribution < 1.29 is 9.53 Å². The molecule has 0 saturated carbocycles. The number of rotatable bonds is 1. The predicted octanol–water partition coefficient (Wildman–Crippen LogP) is 2.85. The summed E-state index contributed by atoms with van der Waals surface area (Å²) in [7, 11) is 0. The van der Waals surface area contributed by atoms with Gasteiger partial charge in [0.25, 0.3) is 0 Å². The third-order valence-corrected chi connectivity index (χ3v) is 3.87. The lowest BCUT2D eigenvalue weighted by Gasteiger charge is -2.14. The van der Waals surface area contributed by atoms with Gasteiger partial charge in [-0.05, 0) is 30.5 Å². The van der Waals surface area contributed by atoms with Crippen LogP contribution in [0.5, 0.6) is 0 Å². The molecule has 1 heterocycles. The molecule has 15 heavy (non-hydrogen) atoms. The average Bonchev–Trinajstić information content (AvgIpc) is 2.61. The van der Waals surface area contributed by atoms with Crippen LogP contribution < -0.4 is 5.32 Å². The lowest BCUT2D eigenvalue weighted by Crippen LogP contribution is -2.12. The van der Waals surface area contributed by atoms with Gasteiger partial charge in [-0.2, -0.15) is 0 Å². The average molecular weight is 270 g/mol. The number of carbonyl (C=O) groups is 1. The van der Waals surface area contributed by atoms with Crippen LogP contribution in [0.4, 0.5) is 4.79 Å². The van der Waals surface area contributed by atoms with E-state index in [0.29, 0.717) is 6.54 Å². The lowest BCUT2D eigenvalue weighted by molar-refractivity contribution is 0.141. The number of nitrogens with one attached hydrogen (secondary N) is 1. The van der Waals surface area contributed by atoms with Crippen LogP contribution in [0.1, 0.15) is 22.8 Å². The van der Waals surface area contributed by atoms with Crippen LogP contribution in [-0.4, -0.2) is 12.6 Å². The molecule has 80 valence electrons. The number of cyclic esters (lactones) is 1. The summed E-state index contributed by atoms with van der Waals surface area (Å²) in [6.07, 6.45) is -0.495. The maximum atomic E-state index is 10.9. The van der Waals surface area contributed by atoms with E-state index in [-0.39, 0.29) is 12.2 Å². The lowest BCUT2D eigenvalue weighted by atomic mass is 10.0. The molecular weight excluding hydrogens is 258 g/mol. The molecule has 1 aromatic rings. The summed E-state index contributed by atoms with van der Waals surface area (Å²) in [5.74, 6) is 0. The van der Waals surface area contributed by atoms with Gasteiger partial charge in [0.2, 0.25) is 0 Å². The van der Waals surface area contributed by atoms with Gasteiger partial charge in [0.15, 0.2) is 0 Å². The zero-order valence-electron chi connectivity index (χ0n) is 8.63. The molecule has 1 saturated heterocycles. The van der Waals surface area contributed by atoms with Crippen molar-refractivity contribution in [2.45, 2.75) is 20.0 Å². The highest BCUT2D eigenvalue weighted by atomic mass is 79.9. The molecule has 1 unspecified atom stereocenters. The summed E-state index contributed by atoms with van der Waals surface area (Å²) in [5.41, 5.74) is 3.39.